The van der Waals surface area contributed by atoms with Crippen molar-refractivity contribution in [2.45, 2.75) is 26.2 Å². The van der Waals surface area contributed by atoms with Crippen molar-refractivity contribution in [2.24, 2.45) is 0 Å². The normalized spacial score (nSPS) is 11.8. The van der Waals surface area contributed by atoms with Crippen molar-refractivity contribution < 1.29 is 0 Å². The molecule has 0 saturated carbocycles. The van der Waals surface area contributed by atoms with E-state index in [0.29, 0.717) is 0 Å². The minimum absolute atomic E-state index is 0.0370. The average Bonchev–Trinajstić information content (AvgIpc) is 2.61. The Morgan fingerprint density at radius 3 is 2.24 bits per heavy atom. The molecule has 4 heteroatoms. The van der Waals surface area contributed by atoms with Gasteiger partial charge in [-0.15, -0.1) is 0 Å². The molecule has 1 aromatic heterocycles. The summed E-state index contributed by atoms with van der Waals surface area (Å²) in [5, 5.41) is 4.56. The van der Waals surface area contributed by atoms with Crippen molar-refractivity contribution in [2.75, 3.05) is 5.73 Å². The van der Waals surface area contributed by atoms with Crippen LogP contribution in [0, 0.1) is 0 Å². The summed E-state index contributed by atoms with van der Waals surface area (Å²) in [6, 6.07) is 7.99. The van der Waals surface area contributed by atoms with Crippen molar-refractivity contribution in [3.63, 3.8) is 0 Å². The molecule has 0 saturated heterocycles. The molecule has 1 heterocycles. The van der Waals surface area contributed by atoms with Gasteiger partial charge in [-0.3, -0.25) is 0 Å². The molecule has 2 aromatic rings. The Kier molecular flexibility index (Phi) is 3.00. The van der Waals surface area contributed by atoms with Gasteiger partial charge in [0.2, 0.25) is 0 Å². The van der Waals surface area contributed by atoms with Crippen molar-refractivity contribution in [3.8, 4) is 5.69 Å². The number of nitrogen functional groups attached to an aromatic ring is 1. The fraction of sp³-hybridized carbons (Fsp3) is 0.308. The molecule has 2 rings (SSSR count). The highest BCUT2D eigenvalue weighted by atomic mass is 79.9. The van der Waals surface area contributed by atoms with Gasteiger partial charge in [-0.1, -0.05) is 36.7 Å². The van der Waals surface area contributed by atoms with E-state index < -0.39 is 0 Å². The van der Waals surface area contributed by atoms with Crippen molar-refractivity contribution in [3.05, 3.63) is 40.6 Å². The fourth-order valence-electron chi connectivity index (χ4n) is 1.70. The highest BCUT2D eigenvalue weighted by Crippen LogP contribution is 2.27. The van der Waals surface area contributed by atoms with Gasteiger partial charge in [-0.05, 0) is 24.3 Å². The molecule has 0 radical (unpaired) electrons. The number of nitrogens with two attached hydrogens (primary N) is 1. The molecule has 0 fully saturated rings. The first-order valence-electron chi connectivity index (χ1n) is 5.49. The first-order valence-corrected chi connectivity index (χ1v) is 6.29. The molecule has 3 nitrogen and oxygen atoms in total. The summed E-state index contributed by atoms with van der Waals surface area (Å²) in [6.45, 7) is 6.33. The predicted octanol–water partition coefficient (Wildman–Crippen LogP) is 3.51. The molecule has 0 aliphatic carbocycles. The number of hydrogen-bond donors (Lipinski definition) is 1. The van der Waals surface area contributed by atoms with Crippen molar-refractivity contribution >= 4 is 21.6 Å². The fourth-order valence-corrected chi connectivity index (χ4v) is 1.96. The number of hydrogen-bond acceptors (Lipinski definition) is 2. The SMILES string of the molecule is CC(C)(C)c1nn(-c2ccc(Br)cc2)cc1N. The molecule has 2 N–H and O–H groups in total. The second-order valence-electron chi connectivity index (χ2n) is 5.10. The van der Waals surface area contributed by atoms with E-state index >= 15 is 0 Å². The third kappa shape index (κ3) is 2.52. The first kappa shape index (κ1) is 12.2. The molecular weight excluding hydrogens is 278 g/mol. The summed E-state index contributed by atoms with van der Waals surface area (Å²) in [6.07, 6.45) is 1.86. The standard InChI is InChI=1S/C13H16BrN3/c1-13(2,3)12-11(15)8-17(16-12)10-6-4-9(14)5-7-10/h4-8H,15H2,1-3H3. The Labute approximate surface area is 110 Å². The molecule has 17 heavy (non-hydrogen) atoms. The molecule has 0 spiro atoms. The molecule has 0 unspecified atom stereocenters. The number of aromatic nitrogens is 2. The summed E-state index contributed by atoms with van der Waals surface area (Å²) in [5.74, 6) is 0. The highest BCUT2D eigenvalue weighted by molar-refractivity contribution is 9.10. The lowest BCUT2D eigenvalue weighted by molar-refractivity contribution is 0.562. The van der Waals surface area contributed by atoms with Gasteiger partial charge in [0.15, 0.2) is 0 Å². The van der Waals surface area contributed by atoms with E-state index in [1.807, 2.05) is 35.1 Å². The largest absolute Gasteiger partial charge is 0.396 e. The van der Waals surface area contributed by atoms with Gasteiger partial charge in [-0.25, -0.2) is 4.68 Å². The van der Waals surface area contributed by atoms with Crippen LogP contribution in [0.4, 0.5) is 5.69 Å². The Balaban J connectivity index is 2.45. The van der Waals surface area contributed by atoms with E-state index in [2.05, 4.69) is 41.8 Å². The van der Waals surface area contributed by atoms with Gasteiger partial charge in [0.05, 0.1) is 23.3 Å². The van der Waals surface area contributed by atoms with Crippen LogP contribution in [-0.4, -0.2) is 9.78 Å². The highest BCUT2D eigenvalue weighted by Gasteiger charge is 2.21. The summed E-state index contributed by atoms with van der Waals surface area (Å²) in [4.78, 5) is 0. The Morgan fingerprint density at radius 2 is 1.76 bits per heavy atom. The maximum atomic E-state index is 6.00. The Hall–Kier alpha value is -1.29. The molecule has 0 amide bonds. The van der Waals surface area contributed by atoms with Crippen LogP contribution >= 0.6 is 15.9 Å². The molecule has 90 valence electrons. The monoisotopic (exact) mass is 293 g/mol. The number of halogens is 1. The molecule has 1 aromatic carbocycles. The van der Waals surface area contributed by atoms with Gasteiger partial charge < -0.3 is 5.73 Å². The zero-order valence-electron chi connectivity index (χ0n) is 10.2. The van der Waals surface area contributed by atoms with Gasteiger partial charge in [0.25, 0.3) is 0 Å². The van der Waals surface area contributed by atoms with Crippen LogP contribution in [0.2, 0.25) is 0 Å². The van der Waals surface area contributed by atoms with E-state index in [-0.39, 0.29) is 5.41 Å². The van der Waals surface area contributed by atoms with Gasteiger partial charge in [0, 0.05) is 9.89 Å². The average molecular weight is 294 g/mol. The van der Waals surface area contributed by atoms with Gasteiger partial charge in [-0.2, -0.15) is 5.10 Å². The number of rotatable bonds is 1. The second kappa shape index (κ2) is 4.18. The molecule has 0 atom stereocenters. The molecular formula is C13H16BrN3. The van der Waals surface area contributed by atoms with Crippen LogP contribution in [0.5, 0.6) is 0 Å². The van der Waals surface area contributed by atoms with E-state index in [4.69, 9.17) is 5.73 Å². The van der Waals surface area contributed by atoms with E-state index in [9.17, 15) is 0 Å². The quantitative estimate of drug-likeness (QED) is 0.874. The Bertz CT molecular complexity index is 521. The van der Waals surface area contributed by atoms with Crippen LogP contribution in [-0.2, 0) is 5.41 Å². The summed E-state index contributed by atoms with van der Waals surface area (Å²) in [7, 11) is 0. The van der Waals surface area contributed by atoms with Crippen LogP contribution in [0.25, 0.3) is 5.69 Å². The molecule has 0 aliphatic heterocycles. The van der Waals surface area contributed by atoms with E-state index in [1.54, 1.807) is 0 Å². The second-order valence-corrected chi connectivity index (χ2v) is 6.02. The first-order chi connectivity index (χ1) is 7.88. The summed E-state index contributed by atoms with van der Waals surface area (Å²) >= 11 is 3.42. The topological polar surface area (TPSA) is 43.8 Å². The number of anilines is 1. The zero-order chi connectivity index (χ0) is 12.6. The number of nitrogens with zero attached hydrogens (tertiary/aromatic N) is 2. The minimum Gasteiger partial charge on any atom is -0.396 e. The predicted molar refractivity (Wildman–Crippen MR) is 74.4 cm³/mol. The van der Waals surface area contributed by atoms with Crippen molar-refractivity contribution in [1.82, 2.24) is 9.78 Å². The zero-order valence-corrected chi connectivity index (χ0v) is 11.8. The van der Waals surface area contributed by atoms with Gasteiger partial charge >= 0.3 is 0 Å². The molecule has 0 aliphatic rings. The maximum absolute atomic E-state index is 6.00. The minimum atomic E-state index is -0.0370. The summed E-state index contributed by atoms with van der Waals surface area (Å²) in [5.41, 5.74) is 8.64. The smallest absolute Gasteiger partial charge is 0.0911 e. The van der Waals surface area contributed by atoms with Crippen LogP contribution in [0.1, 0.15) is 26.5 Å². The Morgan fingerprint density at radius 1 is 1.18 bits per heavy atom. The van der Waals surface area contributed by atoms with Crippen LogP contribution < -0.4 is 5.73 Å². The van der Waals surface area contributed by atoms with Gasteiger partial charge in [0.1, 0.15) is 0 Å². The lowest BCUT2D eigenvalue weighted by Crippen LogP contribution is -2.14. The molecule has 0 bridgehead atoms. The maximum Gasteiger partial charge on any atom is 0.0911 e. The van der Waals surface area contributed by atoms with Crippen LogP contribution in [0.3, 0.4) is 0 Å². The lowest BCUT2D eigenvalue weighted by Gasteiger charge is -2.15. The van der Waals surface area contributed by atoms with Crippen LogP contribution in [0.15, 0.2) is 34.9 Å². The van der Waals surface area contributed by atoms with Crippen molar-refractivity contribution in [1.29, 1.82) is 0 Å². The third-order valence-electron chi connectivity index (χ3n) is 2.54. The van der Waals surface area contributed by atoms with E-state index in [0.717, 1.165) is 21.5 Å². The lowest BCUT2D eigenvalue weighted by atomic mass is 9.92. The number of benzene rings is 1. The third-order valence-corrected chi connectivity index (χ3v) is 3.07. The summed E-state index contributed by atoms with van der Waals surface area (Å²) < 4.78 is 2.87. The van der Waals surface area contributed by atoms with E-state index in [1.165, 1.54) is 0 Å².